The second-order valence-electron chi connectivity index (χ2n) is 2.85. The highest BCUT2D eigenvalue weighted by molar-refractivity contribution is 5.83. The van der Waals surface area contributed by atoms with E-state index in [4.69, 9.17) is 0 Å². The van der Waals surface area contributed by atoms with E-state index >= 15 is 0 Å². The Balaban J connectivity index is 2.55. The number of carbonyl (C=O) groups excluding carboxylic acids is 1. The van der Waals surface area contributed by atoms with Gasteiger partial charge in [-0.25, -0.2) is 0 Å². The van der Waals surface area contributed by atoms with Crippen LogP contribution < -0.4 is 10.6 Å². The van der Waals surface area contributed by atoms with Gasteiger partial charge < -0.3 is 10.6 Å². The van der Waals surface area contributed by atoms with Crippen LogP contribution in [-0.4, -0.2) is 19.0 Å². The molecule has 70 valence electrons. The van der Waals surface area contributed by atoms with Crippen molar-refractivity contribution >= 4 is 11.6 Å². The number of hydrogen-bond donors (Lipinski definition) is 2. The Kier molecular flexibility index (Phi) is 3.31. The predicted octanol–water partition coefficient (Wildman–Crippen LogP) is 1.23. The van der Waals surface area contributed by atoms with Gasteiger partial charge in [-0.15, -0.1) is 0 Å². The molecule has 0 saturated carbocycles. The van der Waals surface area contributed by atoms with Crippen LogP contribution in [0, 0.1) is 0 Å². The zero-order chi connectivity index (χ0) is 9.68. The fraction of sp³-hybridized carbons (Fsp3) is 0.300. The van der Waals surface area contributed by atoms with Crippen molar-refractivity contribution in [2.75, 3.05) is 12.4 Å². The summed E-state index contributed by atoms with van der Waals surface area (Å²) in [5, 5.41) is 5.66. The molecule has 0 bridgehead atoms. The van der Waals surface area contributed by atoms with E-state index in [2.05, 4.69) is 10.6 Å². The first kappa shape index (κ1) is 9.58. The second kappa shape index (κ2) is 4.50. The standard InChI is InChI=1S/C10H14N2O/c1-8(10(13)11-2)12-9-6-4-3-5-7-9/h3-8,12H,1-2H3,(H,11,13)/t8-/m0/s1. The normalized spacial score (nSPS) is 11.8. The van der Waals surface area contributed by atoms with E-state index in [1.165, 1.54) is 0 Å². The highest BCUT2D eigenvalue weighted by atomic mass is 16.2. The molecule has 0 fully saturated rings. The topological polar surface area (TPSA) is 41.1 Å². The molecule has 1 aromatic rings. The maximum absolute atomic E-state index is 11.1. The summed E-state index contributed by atoms with van der Waals surface area (Å²) in [6, 6.07) is 9.46. The van der Waals surface area contributed by atoms with Gasteiger partial charge >= 0.3 is 0 Å². The van der Waals surface area contributed by atoms with Crippen molar-refractivity contribution in [3.05, 3.63) is 30.3 Å². The van der Waals surface area contributed by atoms with Crippen LogP contribution in [0.3, 0.4) is 0 Å². The molecule has 1 amide bonds. The van der Waals surface area contributed by atoms with Crippen LogP contribution in [0.4, 0.5) is 5.69 Å². The SMILES string of the molecule is CNC(=O)[C@H](C)Nc1ccccc1. The summed E-state index contributed by atoms with van der Waals surface area (Å²) in [6.07, 6.45) is 0. The molecule has 1 aromatic carbocycles. The molecule has 2 N–H and O–H groups in total. The minimum atomic E-state index is -0.201. The van der Waals surface area contributed by atoms with E-state index in [1.54, 1.807) is 7.05 Å². The Labute approximate surface area is 78.2 Å². The van der Waals surface area contributed by atoms with Gasteiger partial charge in [0.2, 0.25) is 5.91 Å². The van der Waals surface area contributed by atoms with Crippen LogP contribution >= 0.6 is 0 Å². The van der Waals surface area contributed by atoms with Gasteiger partial charge in [-0.05, 0) is 19.1 Å². The average molecular weight is 178 g/mol. The van der Waals surface area contributed by atoms with E-state index in [0.717, 1.165) is 5.69 Å². The number of rotatable bonds is 3. The summed E-state index contributed by atoms with van der Waals surface area (Å²) in [5.74, 6) is -0.0103. The van der Waals surface area contributed by atoms with Gasteiger partial charge in [-0.1, -0.05) is 18.2 Å². The van der Waals surface area contributed by atoms with Gasteiger partial charge in [-0.3, -0.25) is 4.79 Å². The molecule has 0 saturated heterocycles. The molecule has 0 aliphatic rings. The lowest BCUT2D eigenvalue weighted by Crippen LogP contribution is -2.35. The number of nitrogens with one attached hydrogen (secondary N) is 2. The second-order valence-corrected chi connectivity index (χ2v) is 2.85. The molecule has 13 heavy (non-hydrogen) atoms. The Bertz CT molecular complexity index is 272. The van der Waals surface area contributed by atoms with Crippen molar-refractivity contribution in [1.29, 1.82) is 0 Å². The molecule has 0 aliphatic heterocycles. The molecule has 0 aromatic heterocycles. The van der Waals surface area contributed by atoms with E-state index in [-0.39, 0.29) is 11.9 Å². The van der Waals surface area contributed by atoms with Crippen LogP contribution in [0.2, 0.25) is 0 Å². The van der Waals surface area contributed by atoms with E-state index in [0.29, 0.717) is 0 Å². The minimum absolute atomic E-state index is 0.0103. The third-order valence-electron chi connectivity index (χ3n) is 1.80. The molecule has 0 heterocycles. The lowest BCUT2D eigenvalue weighted by molar-refractivity contribution is -0.121. The van der Waals surface area contributed by atoms with Crippen molar-refractivity contribution in [2.24, 2.45) is 0 Å². The summed E-state index contributed by atoms with van der Waals surface area (Å²) in [4.78, 5) is 11.1. The van der Waals surface area contributed by atoms with Gasteiger partial charge in [-0.2, -0.15) is 0 Å². The maximum Gasteiger partial charge on any atom is 0.241 e. The Morgan fingerprint density at radius 1 is 1.31 bits per heavy atom. The van der Waals surface area contributed by atoms with Gasteiger partial charge in [0.25, 0.3) is 0 Å². The third kappa shape index (κ3) is 2.78. The van der Waals surface area contributed by atoms with Crippen LogP contribution in [0.15, 0.2) is 30.3 Å². The predicted molar refractivity (Wildman–Crippen MR) is 53.6 cm³/mol. The number of anilines is 1. The molecule has 0 radical (unpaired) electrons. The van der Waals surface area contributed by atoms with Gasteiger partial charge in [0, 0.05) is 12.7 Å². The summed E-state index contributed by atoms with van der Waals surface area (Å²) in [7, 11) is 1.63. The van der Waals surface area contributed by atoms with Crippen molar-refractivity contribution in [2.45, 2.75) is 13.0 Å². The van der Waals surface area contributed by atoms with Crippen molar-refractivity contribution in [3.63, 3.8) is 0 Å². The number of hydrogen-bond acceptors (Lipinski definition) is 2. The summed E-state index contributed by atoms with van der Waals surface area (Å²) in [6.45, 7) is 1.83. The Morgan fingerprint density at radius 2 is 1.92 bits per heavy atom. The van der Waals surface area contributed by atoms with E-state index in [1.807, 2.05) is 37.3 Å². The van der Waals surface area contributed by atoms with Gasteiger partial charge in [0.05, 0.1) is 0 Å². The van der Waals surface area contributed by atoms with Crippen molar-refractivity contribution in [1.82, 2.24) is 5.32 Å². The number of para-hydroxylation sites is 1. The van der Waals surface area contributed by atoms with Crippen molar-refractivity contribution < 1.29 is 4.79 Å². The average Bonchev–Trinajstić information content (AvgIpc) is 2.18. The molecular weight excluding hydrogens is 164 g/mol. The van der Waals surface area contributed by atoms with Gasteiger partial charge in [0.1, 0.15) is 6.04 Å². The monoisotopic (exact) mass is 178 g/mol. The van der Waals surface area contributed by atoms with E-state index < -0.39 is 0 Å². The molecule has 0 unspecified atom stereocenters. The molecule has 0 aliphatic carbocycles. The largest absolute Gasteiger partial charge is 0.374 e. The lowest BCUT2D eigenvalue weighted by atomic mass is 10.2. The zero-order valence-corrected chi connectivity index (χ0v) is 7.87. The smallest absolute Gasteiger partial charge is 0.241 e. The molecule has 3 nitrogen and oxygen atoms in total. The Morgan fingerprint density at radius 3 is 2.46 bits per heavy atom. The molecule has 1 atom stereocenters. The zero-order valence-electron chi connectivity index (χ0n) is 7.87. The third-order valence-corrected chi connectivity index (χ3v) is 1.80. The van der Waals surface area contributed by atoms with Gasteiger partial charge in [0.15, 0.2) is 0 Å². The van der Waals surface area contributed by atoms with Crippen LogP contribution in [-0.2, 0) is 4.79 Å². The number of amides is 1. The maximum atomic E-state index is 11.1. The van der Waals surface area contributed by atoms with Crippen LogP contribution in [0.5, 0.6) is 0 Å². The molecular formula is C10H14N2O. The highest BCUT2D eigenvalue weighted by Crippen LogP contribution is 2.06. The van der Waals surface area contributed by atoms with Crippen molar-refractivity contribution in [3.8, 4) is 0 Å². The number of likely N-dealkylation sites (N-methyl/N-ethyl adjacent to an activating group) is 1. The van der Waals surface area contributed by atoms with Crippen LogP contribution in [0.25, 0.3) is 0 Å². The fourth-order valence-corrected chi connectivity index (χ4v) is 1.07. The first-order chi connectivity index (χ1) is 6.24. The Hall–Kier alpha value is -1.51. The van der Waals surface area contributed by atoms with Crippen LogP contribution in [0.1, 0.15) is 6.92 Å². The number of benzene rings is 1. The highest BCUT2D eigenvalue weighted by Gasteiger charge is 2.08. The number of carbonyl (C=O) groups is 1. The molecule has 0 spiro atoms. The summed E-state index contributed by atoms with van der Waals surface area (Å²) >= 11 is 0. The lowest BCUT2D eigenvalue weighted by Gasteiger charge is -2.12. The fourth-order valence-electron chi connectivity index (χ4n) is 1.07. The van der Waals surface area contributed by atoms with E-state index in [9.17, 15) is 4.79 Å². The first-order valence-electron chi connectivity index (χ1n) is 4.27. The quantitative estimate of drug-likeness (QED) is 0.731. The first-order valence-corrected chi connectivity index (χ1v) is 4.27. The molecule has 3 heteroatoms. The minimum Gasteiger partial charge on any atom is -0.374 e. The summed E-state index contributed by atoms with van der Waals surface area (Å²) in [5.41, 5.74) is 0.957. The summed E-state index contributed by atoms with van der Waals surface area (Å²) < 4.78 is 0. The molecule has 1 rings (SSSR count).